The standard InChI is InChI=1S/C14H28O/c1-11(2)6-8-13(4)14(5)9-7-12(3)10-15/h10-14H,6-9H2,1-5H3. The molecule has 15 heavy (non-hydrogen) atoms. The molecule has 0 saturated heterocycles. The third kappa shape index (κ3) is 7.58. The molecule has 0 rings (SSSR count). The second kappa shape index (κ2) is 7.90. The molecule has 0 aliphatic heterocycles. The van der Waals surface area contributed by atoms with Crippen molar-refractivity contribution in [2.24, 2.45) is 23.7 Å². The molecule has 3 unspecified atom stereocenters. The second-order valence-corrected chi connectivity index (χ2v) is 5.62. The maximum Gasteiger partial charge on any atom is 0.122 e. The first kappa shape index (κ1) is 14.7. The zero-order valence-corrected chi connectivity index (χ0v) is 11.1. The lowest BCUT2D eigenvalue weighted by atomic mass is 9.85. The lowest BCUT2D eigenvalue weighted by Gasteiger charge is -2.21. The quantitative estimate of drug-likeness (QED) is 0.548. The fraction of sp³-hybridized carbons (Fsp3) is 0.929. The first-order chi connectivity index (χ1) is 6.97. The van der Waals surface area contributed by atoms with Crippen LogP contribution in [0.3, 0.4) is 0 Å². The third-order valence-corrected chi connectivity index (χ3v) is 3.48. The minimum absolute atomic E-state index is 0.241. The zero-order valence-electron chi connectivity index (χ0n) is 11.1. The van der Waals surface area contributed by atoms with E-state index in [-0.39, 0.29) is 5.92 Å². The van der Waals surface area contributed by atoms with Crippen LogP contribution >= 0.6 is 0 Å². The highest BCUT2D eigenvalue weighted by Crippen LogP contribution is 2.24. The normalized spacial score (nSPS) is 17.5. The summed E-state index contributed by atoms with van der Waals surface area (Å²) in [4.78, 5) is 10.5. The molecule has 0 aliphatic rings. The predicted octanol–water partition coefficient (Wildman–Crippen LogP) is 4.31. The van der Waals surface area contributed by atoms with Crippen LogP contribution in [-0.4, -0.2) is 6.29 Å². The van der Waals surface area contributed by atoms with Gasteiger partial charge in [0.05, 0.1) is 0 Å². The summed E-state index contributed by atoms with van der Waals surface area (Å²) in [7, 11) is 0. The highest BCUT2D eigenvalue weighted by Gasteiger charge is 2.13. The topological polar surface area (TPSA) is 17.1 Å². The zero-order chi connectivity index (χ0) is 11.8. The smallest absolute Gasteiger partial charge is 0.122 e. The van der Waals surface area contributed by atoms with Crippen LogP contribution in [0.4, 0.5) is 0 Å². The van der Waals surface area contributed by atoms with Crippen molar-refractivity contribution in [3.05, 3.63) is 0 Å². The number of carbonyl (C=O) groups is 1. The lowest BCUT2D eigenvalue weighted by Crippen LogP contribution is -2.11. The van der Waals surface area contributed by atoms with Gasteiger partial charge in [0, 0.05) is 5.92 Å². The summed E-state index contributed by atoms with van der Waals surface area (Å²) in [5.41, 5.74) is 0. The highest BCUT2D eigenvalue weighted by molar-refractivity contribution is 5.52. The SMILES string of the molecule is CC(C)CCC(C)C(C)CCC(C)C=O. The summed E-state index contributed by atoms with van der Waals surface area (Å²) < 4.78 is 0. The molecule has 90 valence electrons. The van der Waals surface area contributed by atoms with Crippen molar-refractivity contribution in [3.8, 4) is 0 Å². The molecule has 0 saturated carbocycles. The van der Waals surface area contributed by atoms with Gasteiger partial charge in [0.25, 0.3) is 0 Å². The van der Waals surface area contributed by atoms with Crippen LogP contribution in [-0.2, 0) is 4.79 Å². The van der Waals surface area contributed by atoms with Crippen LogP contribution < -0.4 is 0 Å². The molecule has 0 N–H and O–H groups in total. The van der Waals surface area contributed by atoms with Gasteiger partial charge in [0.1, 0.15) is 6.29 Å². The van der Waals surface area contributed by atoms with E-state index in [9.17, 15) is 4.79 Å². The van der Waals surface area contributed by atoms with Crippen molar-refractivity contribution < 1.29 is 4.79 Å². The van der Waals surface area contributed by atoms with E-state index in [1.54, 1.807) is 0 Å². The fourth-order valence-corrected chi connectivity index (χ4v) is 1.76. The van der Waals surface area contributed by atoms with Gasteiger partial charge in [-0.15, -0.1) is 0 Å². The van der Waals surface area contributed by atoms with E-state index in [0.717, 1.165) is 30.5 Å². The molecule has 0 aromatic carbocycles. The summed E-state index contributed by atoms with van der Waals surface area (Å²) in [5, 5.41) is 0. The van der Waals surface area contributed by atoms with Crippen molar-refractivity contribution in [1.29, 1.82) is 0 Å². The van der Waals surface area contributed by atoms with Gasteiger partial charge < -0.3 is 4.79 Å². The molecular formula is C14H28O. The Hall–Kier alpha value is -0.330. The number of hydrogen-bond acceptors (Lipinski definition) is 1. The Bertz CT molecular complexity index is 163. The van der Waals surface area contributed by atoms with Gasteiger partial charge in [0.2, 0.25) is 0 Å². The summed E-state index contributed by atoms with van der Waals surface area (Å²) in [6.07, 6.45) is 5.98. The Labute approximate surface area is 95.6 Å². The lowest BCUT2D eigenvalue weighted by molar-refractivity contribution is -0.110. The first-order valence-corrected chi connectivity index (χ1v) is 6.42. The largest absolute Gasteiger partial charge is 0.303 e. The Morgan fingerprint density at radius 3 is 1.67 bits per heavy atom. The maximum atomic E-state index is 10.5. The van der Waals surface area contributed by atoms with Crippen LogP contribution in [0.25, 0.3) is 0 Å². The van der Waals surface area contributed by atoms with E-state index in [1.165, 1.54) is 19.3 Å². The molecule has 1 heteroatoms. The van der Waals surface area contributed by atoms with Crippen LogP contribution in [0.5, 0.6) is 0 Å². The summed E-state index contributed by atoms with van der Waals surface area (Å²) in [6, 6.07) is 0. The van der Waals surface area contributed by atoms with Crippen molar-refractivity contribution in [1.82, 2.24) is 0 Å². The first-order valence-electron chi connectivity index (χ1n) is 6.42. The van der Waals surface area contributed by atoms with E-state index in [1.807, 2.05) is 6.92 Å². The van der Waals surface area contributed by atoms with Crippen molar-refractivity contribution in [3.63, 3.8) is 0 Å². The van der Waals surface area contributed by atoms with Crippen molar-refractivity contribution in [2.45, 2.75) is 60.3 Å². The predicted molar refractivity (Wildman–Crippen MR) is 66.9 cm³/mol. The van der Waals surface area contributed by atoms with Crippen LogP contribution in [0.2, 0.25) is 0 Å². The van der Waals surface area contributed by atoms with Crippen LogP contribution in [0.15, 0.2) is 0 Å². The van der Waals surface area contributed by atoms with Gasteiger partial charge in [-0.25, -0.2) is 0 Å². The number of carbonyl (C=O) groups excluding carboxylic acids is 1. The number of aldehydes is 1. The Morgan fingerprint density at radius 2 is 1.27 bits per heavy atom. The molecule has 0 aromatic heterocycles. The molecule has 0 spiro atoms. The highest BCUT2D eigenvalue weighted by atomic mass is 16.1. The maximum absolute atomic E-state index is 10.5. The monoisotopic (exact) mass is 212 g/mol. The minimum atomic E-state index is 0.241. The van der Waals surface area contributed by atoms with Gasteiger partial charge in [-0.05, 0) is 30.6 Å². The van der Waals surface area contributed by atoms with Crippen LogP contribution in [0, 0.1) is 23.7 Å². The van der Waals surface area contributed by atoms with E-state index < -0.39 is 0 Å². The molecule has 0 aliphatic carbocycles. The van der Waals surface area contributed by atoms with Gasteiger partial charge in [-0.3, -0.25) is 0 Å². The Kier molecular flexibility index (Phi) is 7.72. The molecule has 3 atom stereocenters. The average Bonchev–Trinajstić information content (AvgIpc) is 2.21. The molecule has 1 nitrogen and oxygen atoms in total. The van der Waals surface area contributed by atoms with Gasteiger partial charge in [-0.1, -0.05) is 47.5 Å². The molecular weight excluding hydrogens is 184 g/mol. The second-order valence-electron chi connectivity index (χ2n) is 5.62. The van der Waals surface area contributed by atoms with Crippen molar-refractivity contribution >= 4 is 6.29 Å². The van der Waals surface area contributed by atoms with E-state index in [0.29, 0.717) is 0 Å². The number of hydrogen-bond donors (Lipinski definition) is 0. The molecule has 0 amide bonds. The van der Waals surface area contributed by atoms with Gasteiger partial charge >= 0.3 is 0 Å². The minimum Gasteiger partial charge on any atom is -0.303 e. The molecule has 0 heterocycles. The molecule has 0 aromatic rings. The summed E-state index contributed by atoms with van der Waals surface area (Å²) in [5.74, 6) is 2.61. The van der Waals surface area contributed by atoms with Crippen LogP contribution in [0.1, 0.15) is 60.3 Å². The molecule has 0 fully saturated rings. The Balaban J connectivity index is 3.68. The van der Waals surface area contributed by atoms with Crippen molar-refractivity contribution in [2.75, 3.05) is 0 Å². The molecule has 0 bridgehead atoms. The van der Waals surface area contributed by atoms with Gasteiger partial charge in [-0.2, -0.15) is 0 Å². The average molecular weight is 212 g/mol. The van der Waals surface area contributed by atoms with E-state index in [2.05, 4.69) is 27.7 Å². The molecule has 0 radical (unpaired) electrons. The summed E-state index contributed by atoms with van der Waals surface area (Å²) in [6.45, 7) is 11.2. The van der Waals surface area contributed by atoms with E-state index in [4.69, 9.17) is 0 Å². The number of rotatable bonds is 8. The van der Waals surface area contributed by atoms with Gasteiger partial charge in [0.15, 0.2) is 0 Å². The third-order valence-electron chi connectivity index (χ3n) is 3.48. The van der Waals surface area contributed by atoms with E-state index >= 15 is 0 Å². The summed E-state index contributed by atoms with van der Waals surface area (Å²) >= 11 is 0. The fourth-order valence-electron chi connectivity index (χ4n) is 1.76. The Morgan fingerprint density at radius 1 is 0.800 bits per heavy atom.